The number of carboxylic acid groups (broad SMARTS) is 1. The Balaban J connectivity index is 1.77. The van der Waals surface area contributed by atoms with E-state index < -0.39 is 5.97 Å². The first kappa shape index (κ1) is 14.8. The van der Waals surface area contributed by atoms with Gasteiger partial charge in [-0.3, -0.25) is 4.79 Å². The highest BCUT2D eigenvalue weighted by Gasteiger charge is 2.29. The molecule has 1 atom stereocenters. The molecule has 1 aliphatic heterocycles. The topological polar surface area (TPSA) is 40.5 Å². The van der Waals surface area contributed by atoms with Gasteiger partial charge in [0.1, 0.15) is 0 Å². The summed E-state index contributed by atoms with van der Waals surface area (Å²) in [5.74, 6) is 0.721. The van der Waals surface area contributed by atoms with E-state index in [2.05, 4.69) is 11.8 Å². The minimum absolute atomic E-state index is 0.363. The average molecular weight is 267 g/mol. The van der Waals surface area contributed by atoms with Gasteiger partial charge in [-0.25, -0.2) is 0 Å². The fraction of sp³-hybridized carbons (Fsp3) is 0.938. The molecule has 2 fully saturated rings. The number of carbonyl (C=O) groups is 1. The maximum atomic E-state index is 10.8. The first-order valence-electron chi connectivity index (χ1n) is 8.15. The summed E-state index contributed by atoms with van der Waals surface area (Å²) in [4.78, 5) is 13.4. The van der Waals surface area contributed by atoms with Crippen LogP contribution in [0.1, 0.15) is 64.7 Å². The maximum absolute atomic E-state index is 10.8. The maximum Gasteiger partial charge on any atom is 0.303 e. The van der Waals surface area contributed by atoms with Crippen LogP contribution >= 0.6 is 0 Å². The minimum atomic E-state index is -0.626. The van der Waals surface area contributed by atoms with E-state index in [1.54, 1.807) is 0 Å². The van der Waals surface area contributed by atoms with Crippen LogP contribution in [-0.2, 0) is 4.79 Å². The molecule has 0 spiro atoms. The van der Waals surface area contributed by atoms with Gasteiger partial charge in [-0.2, -0.15) is 0 Å². The molecular weight excluding hydrogens is 238 g/mol. The van der Waals surface area contributed by atoms with Crippen molar-refractivity contribution in [3.63, 3.8) is 0 Å². The summed E-state index contributed by atoms with van der Waals surface area (Å²) in [5, 5.41) is 8.94. The second-order valence-electron chi connectivity index (χ2n) is 6.56. The van der Waals surface area contributed by atoms with Crippen LogP contribution in [0.25, 0.3) is 0 Å². The molecule has 2 aliphatic rings. The molecule has 0 radical (unpaired) electrons. The standard InChI is InChI=1S/C16H29NO2/c1-2-4-13-6-8-15(9-7-13)17-10-3-5-14(12-17)11-16(18)19/h13-15H,2-12H2,1H3,(H,18,19). The van der Waals surface area contributed by atoms with Crippen molar-refractivity contribution in [2.45, 2.75) is 70.8 Å². The summed E-state index contributed by atoms with van der Waals surface area (Å²) in [6, 6.07) is 0.740. The SMILES string of the molecule is CCCC1CCC(N2CCCC(CC(=O)O)C2)CC1. The molecule has 1 N–H and O–H groups in total. The van der Waals surface area contributed by atoms with Gasteiger partial charge in [0.05, 0.1) is 0 Å². The van der Waals surface area contributed by atoms with E-state index in [4.69, 9.17) is 5.11 Å². The van der Waals surface area contributed by atoms with Crippen molar-refractivity contribution in [2.24, 2.45) is 11.8 Å². The highest BCUT2D eigenvalue weighted by molar-refractivity contribution is 5.67. The van der Waals surface area contributed by atoms with E-state index >= 15 is 0 Å². The summed E-state index contributed by atoms with van der Waals surface area (Å²) in [7, 11) is 0. The van der Waals surface area contributed by atoms with Crippen molar-refractivity contribution in [3.8, 4) is 0 Å². The number of carboxylic acids is 1. The number of hydrogen-bond donors (Lipinski definition) is 1. The van der Waals surface area contributed by atoms with Crippen LogP contribution in [0.4, 0.5) is 0 Å². The average Bonchev–Trinajstić information content (AvgIpc) is 2.39. The number of piperidine rings is 1. The van der Waals surface area contributed by atoms with E-state index in [-0.39, 0.29) is 0 Å². The predicted octanol–water partition coefficient (Wildman–Crippen LogP) is 3.53. The number of nitrogens with zero attached hydrogens (tertiary/aromatic N) is 1. The van der Waals surface area contributed by atoms with Crippen LogP contribution in [0.15, 0.2) is 0 Å². The summed E-state index contributed by atoms with van der Waals surface area (Å²) >= 11 is 0. The number of likely N-dealkylation sites (tertiary alicyclic amines) is 1. The molecule has 2 rings (SSSR count). The van der Waals surface area contributed by atoms with Gasteiger partial charge in [-0.15, -0.1) is 0 Å². The Morgan fingerprint density at radius 2 is 1.89 bits per heavy atom. The highest BCUT2D eigenvalue weighted by Crippen LogP contribution is 2.32. The predicted molar refractivity (Wildman–Crippen MR) is 77.2 cm³/mol. The summed E-state index contributed by atoms with van der Waals surface area (Å²) in [6.45, 7) is 4.50. The molecule has 0 amide bonds. The normalized spacial score (nSPS) is 33.2. The molecule has 1 unspecified atom stereocenters. The molecule has 1 aliphatic carbocycles. The Morgan fingerprint density at radius 1 is 1.16 bits per heavy atom. The summed E-state index contributed by atoms with van der Waals surface area (Å²) in [6.07, 6.45) is 10.8. The van der Waals surface area contributed by atoms with Gasteiger partial charge in [0.25, 0.3) is 0 Å². The third kappa shape index (κ3) is 4.48. The molecule has 110 valence electrons. The molecule has 3 heteroatoms. The molecular formula is C16H29NO2. The molecule has 19 heavy (non-hydrogen) atoms. The first-order valence-corrected chi connectivity index (χ1v) is 8.15. The zero-order valence-corrected chi connectivity index (χ0v) is 12.3. The Hall–Kier alpha value is -0.570. The number of aliphatic carboxylic acids is 1. The fourth-order valence-corrected chi connectivity index (χ4v) is 4.05. The quantitative estimate of drug-likeness (QED) is 0.828. The van der Waals surface area contributed by atoms with E-state index in [9.17, 15) is 4.79 Å². The van der Waals surface area contributed by atoms with E-state index in [1.165, 1.54) is 51.5 Å². The van der Waals surface area contributed by atoms with Crippen LogP contribution in [0, 0.1) is 11.8 Å². The van der Waals surface area contributed by atoms with Crippen LogP contribution in [0.5, 0.6) is 0 Å². The molecule has 0 bridgehead atoms. The van der Waals surface area contributed by atoms with Gasteiger partial charge < -0.3 is 10.0 Å². The minimum Gasteiger partial charge on any atom is -0.481 e. The molecule has 1 saturated carbocycles. The Bertz CT molecular complexity index is 284. The van der Waals surface area contributed by atoms with E-state index in [0.29, 0.717) is 12.3 Å². The molecule has 0 aromatic carbocycles. The fourth-order valence-electron chi connectivity index (χ4n) is 4.05. The van der Waals surface area contributed by atoms with Crippen molar-refractivity contribution in [1.29, 1.82) is 0 Å². The number of rotatable bonds is 5. The Morgan fingerprint density at radius 3 is 2.53 bits per heavy atom. The Labute approximate surface area is 117 Å². The zero-order valence-electron chi connectivity index (χ0n) is 12.3. The van der Waals surface area contributed by atoms with Crippen LogP contribution in [0.3, 0.4) is 0 Å². The zero-order chi connectivity index (χ0) is 13.7. The third-order valence-electron chi connectivity index (χ3n) is 5.04. The van der Waals surface area contributed by atoms with Crippen molar-refractivity contribution in [2.75, 3.05) is 13.1 Å². The van der Waals surface area contributed by atoms with Crippen LogP contribution in [-0.4, -0.2) is 35.1 Å². The first-order chi connectivity index (χ1) is 9.19. The van der Waals surface area contributed by atoms with Crippen molar-refractivity contribution >= 4 is 5.97 Å². The van der Waals surface area contributed by atoms with Crippen molar-refractivity contribution in [3.05, 3.63) is 0 Å². The lowest BCUT2D eigenvalue weighted by Crippen LogP contribution is -2.44. The summed E-state index contributed by atoms with van der Waals surface area (Å²) < 4.78 is 0. The Kier molecular flexibility index (Phi) is 5.68. The smallest absolute Gasteiger partial charge is 0.303 e. The molecule has 1 saturated heterocycles. The molecule has 1 heterocycles. The third-order valence-corrected chi connectivity index (χ3v) is 5.04. The molecule has 0 aromatic heterocycles. The summed E-state index contributed by atoms with van der Waals surface area (Å²) in [5.41, 5.74) is 0. The van der Waals surface area contributed by atoms with Crippen molar-refractivity contribution in [1.82, 2.24) is 4.90 Å². The van der Waals surface area contributed by atoms with Gasteiger partial charge in [0.15, 0.2) is 0 Å². The largest absolute Gasteiger partial charge is 0.481 e. The second-order valence-corrected chi connectivity index (χ2v) is 6.56. The van der Waals surface area contributed by atoms with Crippen molar-refractivity contribution < 1.29 is 9.90 Å². The van der Waals surface area contributed by atoms with E-state index in [0.717, 1.165) is 24.9 Å². The van der Waals surface area contributed by atoms with Gasteiger partial charge >= 0.3 is 5.97 Å². The number of hydrogen-bond acceptors (Lipinski definition) is 2. The lowest BCUT2D eigenvalue weighted by molar-refractivity contribution is -0.138. The van der Waals surface area contributed by atoms with Gasteiger partial charge in [0.2, 0.25) is 0 Å². The lowest BCUT2D eigenvalue weighted by atomic mass is 9.82. The monoisotopic (exact) mass is 267 g/mol. The molecule has 3 nitrogen and oxygen atoms in total. The van der Waals surface area contributed by atoms with Gasteiger partial charge in [-0.1, -0.05) is 19.8 Å². The van der Waals surface area contributed by atoms with E-state index in [1.807, 2.05) is 0 Å². The lowest BCUT2D eigenvalue weighted by Gasteiger charge is -2.41. The van der Waals surface area contributed by atoms with Gasteiger partial charge in [-0.05, 0) is 56.9 Å². The molecule has 0 aromatic rings. The van der Waals surface area contributed by atoms with Crippen LogP contribution < -0.4 is 0 Å². The highest BCUT2D eigenvalue weighted by atomic mass is 16.4. The second kappa shape index (κ2) is 7.28. The van der Waals surface area contributed by atoms with Gasteiger partial charge in [0, 0.05) is 19.0 Å². The van der Waals surface area contributed by atoms with Crippen LogP contribution in [0.2, 0.25) is 0 Å².